The molecule has 5 N–H and O–H groups in total. The first-order valence-corrected chi connectivity index (χ1v) is 15.8. The third-order valence-electron chi connectivity index (χ3n) is 12.6. The number of piperidine rings is 1. The minimum absolute atomic E-state index is 0.137. The van der Waals surface area contributed by atoms with Crippen molar-refractivity contribution in [2.75, 3.05) is 20.2 Å². The van der Waals surface area contributed by atoms with E-state index < -0.39 is 47.9 Å². The number of likely N-dealkylation sites (tertiary alicyclic amines) is 1. The van der Waals surface area contributed by atoms with Gasteiger partial charge in [0.05, 0.1) is 5.60 Å². The van der Waals surface area contributed by atoms with Gasteiger partial charge in [0.1, 0.15) is 30.0 Å². The van der Waals surface area contributed by atoms with E-state index in [-0.39, 0.29) is 22.9 Å². The molecular formula is C32H43NO10. The van der Waals surface area contributed by atoms with Crippen molar-refractivity contribution in [2.45, 2.75) is 118 Å². The summed E-state index contributed by atoms with van der Waals surface area (Å²) in [5.74, 6) is -0.0281. The number of aliphatic carboxylic acids is 1. The second-order valence-electron chi connectivity index (χ2n) is 14.9. The zero-order valence-corrected chi connectivity index (χ0v) is 24.9. The highest BCUT2D eigenvalue weighted by molar-refractivity contribution is 5.73. The molecule has 0 amide bonds. The molecule has 11 atom stereocenters. The number of aliphatic hydroxyl groups excluding tert-OH is 3. The van der Waals surface area contributed by atoms with Gasteiger partial charge in [-0.25, -0.2) is 4.79 Å². The number of aliphatic hydroxyl groups is 4. The van der Waals surface area contributed by atoms with Gasteiger partial charge < -0.3 is 44.5 Å². The Bertz CT molecular complexity index is 1340. The maximum atomic E-state index is 11.7. The van der Waals surface area contributed by atoms with Crippen molar-refractivity contribution in [1.29, 1.82) is 0 Å². The summed E-state index contributed by atoms with van der Waals surface area (Å²) in [6.07, 6.45) is -2.04. The average molecular weight is 602 g/mol. The summed E-state index contributed by atoms with van der Waals surface area (Å²) in [6.45, 7) is 5.82. The van der Waals surface area contributed by atoms with Gasteiger partial charge in [0, 0.05) is 42.0 Å². The molecule has 8 aliphatic rings. The van der Waals surface area contributed by atoms with Crippen molar-refractivity contribution in [3.8, 4) is 11.5 Å². The number of methoxy groups -OCH3 is 1. The number of hydrogen-bond acceptors (Lipinski definition) is 10. The molecule has 9 rings (SSSR count). The van der Waals surface area contributed by atoms with Crippen LogP contribution in [0.5, 0.6) is 11.5 Å². The van der Waals surface area contributed by atoms with E-state index in [0.29, 0.717) is 17.5 Å². The van der Waals surface area contributed by atoms with E-state index in [9.17, 15) is 30.3 Å². The number of benzene rings is 1. The number of hydrogen-bond donors (Lipinski definition) is 5. The summed E-state index contributed by atoms with van der Waals surface area (Å²) in [5.41, 5.74) is 0.0750. The molecule has 0 aromatic heterocycles. The zero-order valence-electron chi connectivity index (χ0n) is 24.9. The predicted molar refractivity (Wildman–Crippen MR) is 150 cm³/mol. The number of nitrogens with zero attached hydrogens (tertiary/aromatic N) is 1. The number of ether oxygens (including phenoxy) is 4. The molecule has 0 radical (unpaired) electrons. The Kier molecular flexibility index (Phi) is 6.00. The summed E-state index contributed by atoms with van der Waals surface area (Å²) in [4.78, 5) is 14.5. The Morgan fingerprint density at radius 2 is 1.88 bits per heavy atom. The molecule has 11 heteroatoms. The van der Waals surface area contributed by atoms with Crippen molar-refractivity contribution in [1.82, 2.24) is 4.90 Å². The van der Waals surface area contributed by atoms with Crippen LogP contribution in [0.4, 0.5) is 0 Å². The lowest BCUT2D eigenvalue weighted by molar-refractivity contribution is -0.300. The van der Waals surface area contributed by atoms with Crippen molar-refractivity contribution in [2.24, 2.45) is 17.3 Å². The van der Waals surface area contributed by atoms with Crippen LogP contribution in [0.15, 0.2) is 12.1 Å². The first kappa shape index (κ1) is 28.5. The Labute approximate surface area is 250 Å². The van der Waals surface area contributed by atoms with Crippen molar-refractivity contribution in [3.63, 3.8) is 0 Å². The van der Waals surface area contributed by atoms with Crippen molar-refractivity contribution >= 4 is 5.97 Å². The fraction of sp³-hybridized carbons (Fsp3) is 0.781. The Balaban J connectivity index is 1.26. The molecule has 4 bridgehead atoms. The molecule has 0 unspecified atom stereocenters. The van der Waals surface area contributed by atoms with Crippen LogP contribution < -0.4 is 9.47 Å². The van der Waals surface area contributed by atoms with Gasteiger partial charge in [-0.3, -0.25) is 4.90 Å². The summed E-state index contributed by atoms with van der Waals surface area (Å²) < 4.78 is 25.2. The lowest BCUT2D eigenvalue weighted by atomic mass is 9.34. The Morgan fingerprint density at radius 3 is 2.56 bits per heavy atom. The molecule has 236 valence electrons. The van der Waals surface area contributed by atoms with Crippen molar-refractivity contribution < 1.29 is 49.3 Å². The molecule has 3 heterocycles. The fourth-order valence-electron chi connectivity index (χ4n) is 10.6. The highest BCUT2D eigenvalue weighted by Gasteiger charge is 2.81. The van der Waals surface area contributed by atoms with Gasteiger partial charge in [-0.05, 0) is 82.9 Å². The topological polar surface area (TPSA) is 158 Å². The molecule has 2 spiro atoms. The smallest absolute Gasteiger partial charge is 0.335 e. The molecule has 4 saturated carbocycles. The third-order valence-corrected chi connectivity index (χ3v) is 12.6. The molecule has 2 saturated heterocycles. The number of fused-ring (bicyclic) bond motifs is 2. The van der Waals surface area contributed by atoms with Crippen LogP contribution in [0.25, 0.3) is 0 Å². The van der Waals surface area contributed by atoms with Crippen molar-refractivity contribution in [3.05, 3.63) is 23.3 Å². The number of carbonyl (C=O) groups is 1. The van der Waals surface area contributed by atoms with Gasteiger partial charge in [-0.1, -0.05) is 6.07 Å². The second kappa shape index (κ2) is 9.05. The van der Waals surface area contributed by atoms with E-state index in [1.165, 1.54) is 18.4 Å². The molecule has 6 fully saturated rings. The first-order valence-electron chi connectivity index (χ1n) is 15.8. The summed E-state index contributed by atoms with van der Waals surface area (Å²) in [6, 6.07) is 4.14. The second-order valence-corrected chi connectivity index (χ2v) is 14.9. The van der Waals surface area contributed by atoms with Crippen LogP contribution in [-0.2, 0) is 26.1 Å². The Morgan fingerprint density at radius 1 is 1.12 bits per heavy atom. The van der Waals surface area contributed by atoms with Crippen LogP contribution in [0.3, 0.4) is 0 Å². The number of carboxylic acid groups (broad SMARTS) is 1. The highest BCUT2D eigenvalue weighted by atomic mass is 16.7. The zero-order chi connectivity index (χ0) is 30.3. The van der Waals surface area contributed by atoms with Gasteiger partial charge in [0.2, 0.25) is 6.29 Å². The molecule has 43 heavy (non-hydrogen) atoms. The maximum absolute atomic E-state index is 11.7. The molecule has 5 aliphatic carbocycles. The van der Waals surface area contributed by atoms with E-state index >= 15 is 0 Å². The monoisotopic (exact) mass is 601 g/mol. The molecular weight excluding hydrogens is 558 g/mol. The summed E-state index contributed by atoms with van der Waals surface area (Å²) in [7, 11) is 1.73. The molecule has 1 aromatic rings. The maximum Gasteiger partial charge on any atom is 0.335 e. The average Bonchev–Trinajstić information content (AvgIpc) is 3.71. The van der Waals surface area contributed by atoms with Crippen LogP contribution in [0, 0.1) is 17.3 Å². The predicted octanol–water partition coefficient (Wildman–Crippen LogP) is 0.953. The standard InChI is InChI=1S/C32H43NO10/c1-29(2,39)18-13-30-8-9-32(18,40-3)28-31(30)10-11-33(14-15-4-5-15)19(30)12-16-6-7-17(24(43-28)20(16)31)41-27-23(36)21(34)22(35)25(42-27)26(37)38/h6-7,15,18-19,21-23,25,27-28,34-36,39H,4-5,8-14H2,1-3H3,(H,37,38)/t18-,19-,21+,22+,23-,25+,27-,28-,30-,31+,32-/m1/s1. The quantitative estimate of drug-likeness (QED) is 0.303. The van der Waals surface area contributed by atoms with E-state index in [0.717, 1.165) is 56.7 Å². The largest absolute Gasteiger partial charge is 0.482 e. The fourth-order valence-corrected chi connectivity index (χ4v) is 10.6. The highest BCUT2D eigenvalue weighted by Crippen LogP contribution is 2.77. The van der Waals surface area contributed by atoms with Gasteiger partial charge in [-0.2, -0.15) is 0 Å². The van der Waals surface area contributed by atoms with Gasteiger partial charge in [0.25, 0.3) is 0 Å². The van der Waals surface area contributed by atoms with Crippen LogP contribution >= 0.6 is 0 Å². The molecule has 1 aromatic carbocycles. The van der Waals surface area contributed by atoms with E-state index in [2.05, 4.69) is 4.90 Å². The van der Waals surface area contributed by atoms with Crippen LogP contribution in [-0.4, -0.2) is 111 Å². The normalized spacial score (nSPS) is 46.3. The molecule has 3 aliphatic heterocycles. The van der Waals surface area contributed by atoms with E-state index in [4.69, 9.17) is 18.9 Å². The minimum atomic E-state index is -1.81. The number of rotatable bonds is 7. The van der Waals surface area contributed by atoms with Gasteiger partial charge in [0.15, 0.2) is 17.6 Å². The van der Waals surface area contributed by atoms with Gasteiger partial charge >= 0.3 is 5.97 Å². The molecule has 11 nitrogen and oxygen atoms in total. The van der Waals surface area contributed by atoms with Crippen LogP contribution in [0.1, 0.15) is 63.5 Å². The van der Waals surface area contributed by atoms with E-state index in [1.54, 1.807) is 13.2 Å². The van der Waals surface area contributed by atoms with E-state index in [1.807, 2.05) is 19.9 Å². The Hall–Kier alpha value is -1.99. The minimum Gasteiger partial charge on any atom is -0.482 e. The lowest BCUT2D eigenvalue weighted by Gasteiger charge is -2.75. The summed E-state index contributed by atoms with van der Waals surface area (Å²) in [5, 5.41) is 52.5. The lowest BCUT2D eigenvalue weighted by Crippen LogP contribution is -2.82. The van der Waals surface area contributed by atoms with Gasteiger partial charge in [-0.15, -0.1) is 0 Å². The SMILES string of the molecule is CO[C@]12CC[C@@]3(C[C@@H]1C(C)(C)O)[C@H]1Cc4ccc(O[C@@H]5O[C@H](C(=O)O)[C@@H](O)[C@H](O)[C@H]5O)c5c4[C@@]3(CCN1CC1CC1)[C@H]2O5. The third kappa shape index (κ3) is 3.53. The number of carboxylic acids is 1. The first-order chi connectivity index (χ1) is 20.4. The summed E-state index contributed by atoms with van der Waals surface area (Å²) >= 11 is 0. The van der Waals surface area contributed by atoms with Crippen LogP contribution in [0.2, 0.25) is 0 Å².